The van der Waals surface area contributed by atoms with Gasteiger partial charge in [-0.05, 0) is 37.6 Å². The lowest BCUT2D eigenvalue weighted by molar-refractivity contribution is 0.230. The van der Waals surface area contributed by atoms with Crippen LogP contribution in [0.1, 0.15) is 24.3 Å². The van der Waals surface area contributed by atoms with Crippen LogP contribution in [-0.2, 0) is 0 Å². The van der Waals surface area contributed by atoms with Gasteiger partial charge in [0.1, 0.15) is 11.9 Å². The number of nitrogen functional groups attached to an aromatic ring is 1. The molecule has 3 nitrogen and oxygen atoms in total. The van der Waals surface area contributed by atoms with Crippen molar-refractivity contribution in [2.24, 2.45) is 0 Å². The Morgan fingerprint density at radius 2 is 1.81 bits per heavy atom. The van der Waals surface area contributed by atoms with Crippen molar-refractivity contribution in [2.45, 2.75) is 20.0 Å². The molecule has 0 saturated heterocycles. The Morgan fingerprint density at radius 3 is 2.57 bits per heavy atom. The molecule has 0 aliphatic carbocycles. The zero-order valence-electron chi connectivity index (χ0n) is 12.2. The smallest absolute Gasteiger partial charge is 0.128 e. The van der Waals surface area contributed by atoms with Gasteiger partial charge in [0.05, 0.1) is 0 Å². The van der Waals surface area contributed by atoms with Gasteiger partial charge in [0.25, 0.3) is 0 Å². The lowest BCUT2D eigenvalue weighted by Gasteiger charge is -2.17. The van der Waals surface area contributed by atoms with E-state index in [1.807, 2.05) is 50.2 Å². The highest BCUT2D eigenvalue weighted by Gasteiger charge is 2.11. The Morgan fingerprint density at radius 1 is 1.05 bits per heavy atom. The molecule has 0 bridgehead atoms. The standard InChI is InChI=1S/C18H18N2O/c1-12-10-15-16(11-20-12)17(19)8-9-18(15)21-13(2)14-6-4-3-5-7-14/h3-11,13H,19H2,1-2H3. The van der Waals surface area contributed by atoms with E-state index in [0.29, 0.717) is 0 Å². The summed E-state index contributed by atoms with van der Waals surface area (Å²) in [6.45, 7) is 4.01. The van der Waals surface area contributed by atoms with Gasteiger partial charge in [0.15, 0.2) is 0 Å². The number of nitrogens with zero attached hydrogens (tertiary/aromatic N) is 1. The summed E-state index contributed by atoms with van der Waals surface area (Å²) in [5, 5.41) is 1.93. The van der Waals surface area contributed by atoms with Crippen molar-refractivity contribution in [3.63, 3.8) is 0 Å². The maximum absolute atomic E-state index is 6.14. The Kier molecular flexibility index (Phi) is 3.48. The fourth-order valence-corrected chi connectivity index (χ4v) is 2.42. The van der Waals surface area contributed by atoms with E-state index in [4.69, 9.17) is 10.5 Å². The summed E-state index contributed by atoms with van der Waals surface area (Å²) < 4.78 is 6.14. The second-order valence-electron chi connectivity index (χ2n) is 5.19. The Hall–Kier alpha value is -2.55. The number of rotatable bonds is 3. The van der Waals surface area contributed by atoms with Crippen molar-refractivity contribution in [3.8, 4) is 5.75 Å². The highest BCUT2D eigenvalue weighted by atomic mass is 16.5. The lowest BCUT2D eigenvalue weighted by Crippen LogP contribution is -2.03. The number of aromatic nitrogens is 1. The van der Waals surface area contributed by atoms with Crippen LogP contribution in [-0.4, -0.2) is 4.98 Å². The van der Waals surface area contributed by atoms with Crippen molar-refractivity contribution in [3.05, 3.63) is 66.0 Å². The molecule has 0 amide bonds. The van der Waals surface area contributed by atoms with E-state index in [0.717, 1.165) is 33.5 Å². The number of hydrogen-bond donors (Lipinski definition) is 1. The third-order valence-corrected chi connectivity index (χ3v) is 3.60. The minimum Gasteiger partial charge on any atom is -0.485 e. The summed E-state index contributed by atoms with van der Waals surface area (Å²) in [4.78, 5) is 4.31. The normalized spacial score (nSPS) is 12.3. The molecule has 3 heteroatoms. The molecule has 0 fully saturated rings. The molecule has 106 valence electrons. The van der Waals surface area contributed by atoms with Gasteiger partial charge in [-0.2, -0.15) is 0 Å². The Bertz CT molecular complexity index is 769. The maximum Gasteiger partial charge on any atom is 0.128 e. The first-order valence-corrected chi connectivity index (χ1v) is 7.01. The Balaban J connectivity index is 2.01. The van der Waals surface area contributed by atoms with E-state index in [9.17, 15) is 0 Å². The number of aryl methyl sites for hydroxylation is 1. The molecule has 1 heterocycles. The number of hydrogen-bond acceptors (Lipinski definition) is 3. The zero-order valence-corrected chi connectivity index (χ0v) is 12.2. The number of fused-ring (bicyclic) bond motifs is 1. The number of nitrogens with two attached hydrogens (primary N) is 1. The topological polar surface area (TPSA) is 48.1 Å². The van der Waals surface area contributed by atoms with Crippen molar-refractivity contribution in [2.75, 3.05) is 5.73 Å². The van der Waals surface area contributed by atoms with Crippen LogP contribution in [0.15, 0.2) is 54.7 Å². The first-order valence-electron chi connectivity index (χ1n) is 7.01. The third kappa shape index (κ3) is 2.68. The molecule has 0 saturated carbocycles. The summed E-state index contributed by atoms with van der Waals surface area (Å²) >= 11 is 0. The van der Waals surface area contributed by atoms with Gasteiger partial charge < -0.3 is 10.5 Å². The van der Waals surface area contributed by atoms with Gasteiger partial charge in [-0.1, -0.05) is 30.3 Å². The second kappa shape index (κ2) is 5.44. The molecule has 1 atom stereocenters. The first kappa shape index (κ1) is 13.4. The molecule has 1 aromatic heterocycles. The molecule has 0 radical (unpaired) electrons. The number of ether oxygens (including phenoxy) is 1. The van der Waals surface area contributed by atoms with Crippen molar-refractivity contribution >= 4 is 16.5 Å². The van der Waals surface area contributed by atoms with E-state index < -0.39 is 0 Å². The highest BCUT2D eigenvalue weighted by molar-refractivity contribution is 5.96. The number of pyridine rings is 1. The van der Waals surface area contributed by atoms with Crippen LogP contribution in [0.5, 0.6) is 5.75 Å². The van der Waals surface area contributed by atoms with E-state index in [1.165, 1.54) is 0 Å². The van der Waals surface area contributed by atoms with E-state index in [-0.39, 0.29) is 6.10 Å². The van der Waals surface area contributed by atoms with E-state index in [1.54, 1.807) is 6.20 Å². The molecule has 3 aromatic rings. The predicted octanol–water partition coefficient (Wildman–Crippen LogP) is 4.27. The monoisotopic (exact) mass is 278 g/mol. The molecular weight excluding hydrogens is 260 g/mol. The van der Waals surface area contributed by atoms with Crippen LogP contribution in [0.25, 0.3) is 10.8 Å². The number of anilines is 1. The highest BCUT2D eigenvalue weighted by Crippen LogP contribution is 2.32. The lowest BCUT2D eigenvalue weighted by atomic mass is 10.1. The molecule has 0 spiro atoms. The first-order chi connectivity index (χ1) is 10.1. The largest absolute Gasteiger partial charge is 0.485 e. The molecule has 3 rings (SSSR count). The van der Waals surface area contributed by atoms with Crippen LogP contribution >= 0.6 is 0 Å². The molecule has 0 aliphatic rings. The summed E-state index contributed by atoms with van der Waals surface area (Å²) in [7, 11) is 0. The zero-order chi connectivity index (χ0) is 14.8. The van der Waals surface area contributed by atoms with Gasteiger partial charge in [0, 0.05) is 28.4 Å². The van der Waals surface area contributed by atoms with E-state index in [2.05, 4.69) is 17.1 Å². The average Bonchev–Trinajstić information content (AvgIpc) is 2.51. The second-order valence-corrected chi connectivity index (χ2v) is 5.19. The van der Waals surface area contributed by atoms with Crippen molar-refractivity contribution < 1.29 is 4.74 Å². The van der Waals surface area contributed by atoms with Crippen molar-refractivity contribution in [1.82, 2.24) is 4.98 Å². The summed E-state index contributed by atoms with van der Waals surface area (Å²) in [5.41, 5.74) is 8.84. The van der Waals surface area contributed by atoms with Gasteiger partial charge in [-0.15, -0.1) is 0 Å². The minimum atomic E-state index is -0.0218. The van der Waals surface area contributed by atoms with Crippen LogP contribution in [0.3, 0.4) is 0 Å². The average molecular weight is 278 g/mol. The number of benzene rings is 2. The fraction of sp³-hybridized carbons (Fsp3) is 0.167. The van der Waals surface area contributed by atoms with Crippen LogP contribution in [0.4, 0.5) is 5.69 Å². The Labute approximate surface area is 124 Å². The van der Waals surface area contributed by atoms with Gasteiger partial charge in [0.2, 0.25) is 0 Å². The quantitative estimate of drug-likeness (QED) is 0.728. The summed E-state index contributed by atoms with van der Waals surface area (Å²) in [6, 6.07) is 16.0. The van der Waals surface area contributed by atoms with Gasteiger partial charge >= 0.3 is 0 Å². The maximum atomic E-state index is 6.14. The van der Waals surface area contributed by atoms with Crippen LogP contribution in [0.2, 0.25) is 0 Å². The van der Waals surface area contributed by atoms with Crippen LogP contribution < -0.4 is 10.5 Å². The molecule has 2 aromatic carbocycles. The molecule has 21 heavy (non-hydrogen) atoms. The molecular formula is C18H18N2O. The van der Waals surface area contributed by atoms with Gasteiger partial charge in [-0.3, -0.25) is 4.98 Å². The molecule has 1 unspecified atom stereocenters. The third-order valence-electron chi connectivity index (χ3n) is 3.60. The summed E-state index contributed by atoms with van der Waals surface area (Å²) in [6.07, 6.45) is 1.78. The van der Waals surface area contributed by atoms with Gasteiger partial charge in [-0.25, -0.2) is 0 Å². The molecule has 2 N–H and O–H groups in total. The minimum absolute atomic E-state index is 0.0218. The van der Waals surface area contributed by atoms with E-state index >= 15 is 0 Å². The predicted molar refractivity (Wildman–Crippen MR) is 86.4 cm³/mol. The summed E-state index contributed by atoms with van der Waals surface area (Å²) in [5.74, 6) is 0.834. The fourth-order valence-electron chi connectivity index (χ4n) is 2.42. The molecule has 0 aliphatic heterocycles. The SMILES string of the molecule is Cc1cc2c(OC(C)c3ccccc3)ccc(N)c2cn1. The van der Waals surface area contributed by atoms with Crippen molar-refractivity contribution in [1.29, 1.82) is 0 Å². The van der Waals surface area contributed by atoms with Crippen LogP contribution in [0, 0.1) is 6.92 Å².